The maximum Gasteiger partial charge on any atom is 0.406 e. The summed E-state index contributed by atoms with van der Waals surface area (Å²) in [6, 6.07) is 15.2. The van der Waals surface area contributed by atoms with Crippen molar-refractivity contribution >= 4 is 39.7 Å². The van der Waals surface area contributed by atoms with Gasteiger partial charge in [0.15, 0.2) is 5.01 Å². The third-order valence-corrected chi connectivity index (χ3v) is 6.41. The van der Waals surface area contributed by atoms with Crippen LogP contribution in [0.3, 0.4) is 0 Å². The quantitative estimate of drug-likeness (QED) is 0.305. The van der Waals surface area contributed by atoms with Gasteiger partial charge in [-0.1, -0.05) is 23.5 Å². The van der Waals surface area contributed by atoms with Crippen LogP contribution in [-0.2, 0) is 17.8 Å². The maximum absolute atomic E-state index is 13.2. The Morgan fingerprint density at radius 3 is 2.42 bits per heavy atom. The van der Waals surface area contributed by atoms with Gasteiger partial charge in [-0.2, -0.15) is 13.2 Å². The van der Waals surface area contributed by atoms with E-state index in [4.69, 9.17) is 0 Å². The number of benzene rings is 2. The van der Waals surface area contributed by atoms with Crippen LogP contribution >= 0.6 is 23.1 Å². The third kappa shape index (κ3) is 6.49. The smallest absolute Gasteiger partial charge is 0.388 e. The molecule has 0 aliphatic carbocycles. The average molecular weight is 495 g/mol. The summed E-state index contributed by atoms with van der Waals surface area (Å²) in [7, 11) is 3.25. The third-order valence-electron chi connectivity index (χ3n) is 4.72. The first-order valence-electron chi connectivity index (χ1n) is 10.0. The van der Waals surface area contributed by atoms with Gasteiger partial charge in [0.2, 0.25) is 0 Å². The van der Waals surface area contributed by atoms with Crippen molar-refractivity contribution < 1.29 is 17.9 Å². The second kappa shape index (κ2) is 11.0. The molecule has 0 bridgehead atoms. The normalized spacial score (nSPS) is 11.4. The lowest BCUT2D eigenvalue weighted by Crippen LogP contribution is -2.18. The van der Waals surface area contributed by atoms with E-state index in [1.165, 1.54) is 20.8 Å². The minimum atomic E-state index is -4.33. The van der Waals surface area contributed by atoms with Gasteiger partial charge < -0.3 is 14.6 Å². The SMILES string of the molecule is COC.CSc1ccc(NCc2nnc(-c3cc4c(C)cccc4n3CC(F)(F)F)s2)cc1. The lowest BCUT2D eigenvalue weighted by Gasteiger charge is -2.12. The number of hydrogen-bond acceptors (Lipinski definition) is 6. The molecule has 0 spiro atoms. The molecule has 0 atom stereocenters. The zero-order valence-electron chi connectivity index (χ0n) is 18.7. The highest BCUT2D eigenvalue weighted by molar-refractivity contribution is 7.98. The minimum Gasteiger partial charge on any atom is -0.388 e. The van der Waals surface area contributed by atoms with Crippen LogP contribution in [-0.4, -0.2) is 41.4 Å². The number of aromatic nitrogens is 3. The molecule has 0 aliphatic heterocycles. The Kier molecular flexibility index (Phi) is 8.39. The predicted octanol–water partition coefficient (Wildman–Crippen LogP) is 6.63. The van der Waals surface area contributed by atoms with Gasteiger partial charge >= 0.3 is 6.18 Å². The Morgan fingerprint density at radius 2 is 1.79 bits per heavy atom. The van der Waals surface area contributed by atoms with Crippen molar-refractivity contribution in [1.82, 2.24) is 14.8 Å². The lowest BCUT2D eigenvalue weighted by molar-refractivity contribution is -0.139. The van der Waals surface area contributed by atoms with Gasteiger partial charge in [-0.05, 0) is 55.1 Å². The van der Waals surface area contributed by atoms with E-state index < -0.39 is 12.7 Å². The summed E-state index contributed by atoms with van der Waals surface area (Å²) in [6.07, 6.45) is -2.31. The number of methoxy groups -OCH3 is 1. The van der Waals surface area contributed by atoms with Crippen LogP contribution in [0.1, 0.15) is 10.6 Å². The summed E-state index contributed by atoms with van der Waals surface area (Å²) < 4.78 is 45.3. The second-order valence-corrected chi connectivity index (χ2v) is 9.17. The molecule has 0 radical (unpaired) electrons. The Bertz CT molecular complexity index is 1190. The van der Waals surface area contributed by atoms with Crippen molar-refractivity contribution in [2.75, 3.05) is 25.8 Å². The predicted molar refractivity (Wildman–Crippen MR) is 130 cm³/mol. The van der Waals surface area contributed by atoms with Gasteiger partial charge in [-0.3, -0.25) is 0 Å². The van der Waals surface area contributed by atoms with Crippen LogP contribution in [0.25, 0.3) is 21.6 Å². The molecule has 10 heteroatoms. The molecule has 2 aromatic heterocycles. The fourth-order valence-corrected chi connectivity index (χ4v) is 4.49. The number of nitrogens with zero attached hydrogens (tertiary/aromatic N) is 3. The average Bonchev–Trinajstić information content (AvgIpc) is 3.38. The van der Waals surface area contributed by atoms with Crippen molar-refractivity contribution in [1.29, 1.82) is 0 Å². The lowest BCUT2D eigenvalue weighted by atomic mass is 10.1. The number of ether oxygens (including phenoxy) is 1. The van der Waals surface area contributed by atoms with Crippen LogP contribution in [0.4, 0.5) is 18.9 Å². The number of aryl methyl sites for hydroxylation is 1. The summed E-state index contributed by atoms with van der Waals surface area (Å²) >= 11 is 2.97. The zero-order valence-corrected chi connectivity index (χ0v) is 20.4. The fraction of sp³-hybridized carbons (Fsp3) is 0.304. The monoisotopic (exact) mass is 494 g/mol. The molecule has 1 N–H and O–H groups in total. The maximum atomic E-state index is 13.2. The highest BCUT2D eigenvalue weighted by atomic mass is 32.2. The van der Waals surface area contributed by atoms with E-state index in [9.17, 15) is 13.2 Å². The molecule has 0 unspecified atom stereocenters. The number of halogens is 3. The van der Waals surface area contributed by atoms with Crippen molar-refractivity contribution in [3.63, 3.8) is 0 Å². The molecule has 0 saturated heterocycles. The number of fused-ring (bicyclic) bond motifs is 1. The Labute approximate surface area is 199 Å². The molecule has 2 aromatic carbocycles. The van der Waals surface area contributed by atoms with Crippen molar-refractivity contribution in [2.45, 2.75) is 31.1 Å². The van der Waals surface area contributed by atoms with Crippen LogP contribution in [0.2, 0.25) is 0 Å². The summed E-state index contributed by atoms with van der Waals surface area (Å²) in [5.41, 5.74) is 2.86. The highest BCUT2D eigenvalue weighted by Crippen LogP contribution is 2.34. The molecule has 4 rings (SSSR count). The standard InChI is InChI=1S/C21H19F3N4S2.C2H6O/c1-13-4-3-5-17-16(13)10-18(28(17)12-21(22,23)24)20-27-26-19(30-20)11-25-14-6-8-15(29-2)9-7-14;1-3-2/h3-10,25H,11-12H2,1-2H3;1-2H3. The number of thioether (sulfide) groups is 1. The molecule has 0 amide bonds. The Hall–Kier alpha value is -2.56. The zero-order chi connectivity index (χ0) is 24.0. The molecular formula is C23H25F3N4OS2. The van der Waals surface area contributed by atoms with Gasteiger partial charge in [-0.15, -0.1) is 22.0 Å². The van der Waals surface area contributed by atoms with E-state index in [2.05, 4.69) is 20.3 Å². The number of alkyl halides is 3. The molecule has 33 heavy (non-hydrogen) atoms. The summed E-state index contributed by atoms with van der Waals surface area (Å²) in [4.78, 5) is 1.17. The van der Waals surface area contributed by atoms with Crippen molar-refractivity contribution in [2.24, 2.45) is 0 Å². The topological polar surface area (TPSA) is 52.0 Å². The van der Waals surface area contributed by atoms with Crippen LogP contribution in [0.15, 0.2) is 53.4 Å². The number of rotatable bonds is 6. The molecule has 0 fully saturated rings. The Morgan fingerprint density at radius 1 is 1.09 bits per heavy atom. The van der Waals surface area contributed by atoms with Gasteiger partial charge in [0.1, 0.15) is 11.6 Å². The van der Waals surface area contributed by atoms with E-state index in [0.717, 1.165) is 16.6 Å². The van der Waals surface area contributed by atoms with Gasteiger partial charge in [-0.25, -0.2) is 0 Å². The number of anilines is 1. The van der Waals surface area contributed by atoms with Crippen molar-refractivity contribution in [3.8, 4) is 10.7 Å². The molecule has 5 nitrogen and oxygen atoms in total. The molecule has 0 aliphatic rings. The first-order valence-corrected chi connectivity index (χ1v) is 12.1. The first-order chi connectivity index (χ1) is 15.8. The van der Waals surface area contributed by atoms with Crippen LogP contribution in [0.5, 0.6) is 0 Å². The molecule has 4 aromatic rings. The van der Waals surface area contributed by atoms with E-state index in [-0.39, 0.29) is 0 Å². The number of hydrogen-bond donors (Lipinski definition) is 1. The van der Waals surface area contributed by atoms with E-state index in [0.29, 0.717) is 27.8 Å². The molecule has 2 heterocycles. The number of nitrogens with one attached hydrogen (secondary N) is 1. The highest BCUT2D eigenvalue weighted by Gasteiger charge is 2.30. The molecular weight excluding hydrogens is 469 g/mol. The molecule has 176 valence electrons. The van der Waals surface area contributed by atoms with Crippen molar-refractivity contribution in [3.05, 3.63) is 59.1 Å². The van der Waals surface area contributed by atoms with Gasteiger partial charge in [0.05, 0.1) is 12.2 Å². The molecule has 0 saturated carbocycles. The van der Waals surface area contributed by atoms with Crippen LogP contribution in [0, 0.1) is 6.92 Å². The van der Waals surface area contributed by atoms with Gasteiger partial charge in [0, 0.05) is 35.7 Å². The fourth-order valence-electron chi connectivity index (χ4n) is 3.27. The summed E-state index contributed by atoms with van der Waals surface area (Å²) in [6.45, 7) is 1.28. The van der Waals surface area contributed by atoms with Gasteiger partial charge in [0.25, 0.3) is 0 Å². The van der Waals surface area contributed by atoms with E-state index in [1.54, 1.807) is 44.2 Å². The first kappa shape index (κ1) is 25.1. The van der Waals surface area contributed by atoms with Crippen LogP contribution < -0.4 is 5.32 Å². The van der Waals surface area contributed by atoms with E-state index >= 15 is 0 Å². The minimum absolute atomic E-state index is 0.435. The summed E-state index contributed by atoms with van der Waals surface area (Å²) in [5, 5.41) is 13.6. The largest absolute Gasteiger partial charge is 0.406 e. The van der Waals surface area contributed by atoms with E-state index in [1.807, 2.05) is 43.5 Å². The Balaban J connectivity index is 0.000000968. The second-order valence-electron chi connectivity index (χ2n) is 7.23. The summed E-state index contributed by atoms with van der Waals surface area (Å²) in [5.74, 6) is 0.